The highest BCUT2D eigenvalue weighted by Crippen LogP contribution is 2.54. The van der Waals surface area contributed by atoms with Crippen molar-refractivity contribution in [2.24, 2.45) is 11.7 Å². The summed E-state index contributed by atoms with van der Waals surface area (Å²) >= 11 is 0. The number of nitrogens with zero attached hydrogens (tertiary/aromatic N) is 1. The first-order chi connectivity index (χ1) is 15.3. The van der Waals surface area contributed by atoms with E-state index in [4.69, 9.17) is 15.2 Å². The molecule has 2 heterocycles. The van der Waals surface area contributed by atoms with E-state index in [0.29, 0.717) is 0 Å². The third-order valence-corrected chi connectivity index (χ3v) is 5.82. The van der Waals surface area contributed by atoms with Crippen molar-refractivity contribution in [1.82, 2.24) is 4.98 Å². The minimum absolute atomic E-state index is 0.163. The Morgan fingerprint density at radius 3 is 2.45 bits per heavy atom. The molecular formula is C21H20F5N3O4. The minimum atomic E-state index is -4.89. The number of rotatable bonds is 5. The van der Waals surface area contributed by atoms with E-state index in [1.54, 1.807) is 0 Å². The number of anilines is 1. The van der Waals surface area contributed by atoms with Gasteiger partial charge in [-0.1, -0.05) is 19.1 Å². The number of primary amides is 1. The maximum absolute atomic E-state index is 14.3. The average Bonchev–Trinajstić information content (AvgIpc) is 3.02. The zero-order chi connectivity index (χ0) is 24.7. The van der Waals surface area contributed by atoms with E-state index in [1.807, 2.05) is 0 Å². The highest BCUT2D eigenvalue weighted by molar-refractivity contribution is 5.96. The lowest BCUT2D eigenvalue weighted by Gasteiger charge is -2.32. The Bertz CT molecular complexity index is 1090. The van der Waals surface area contributed by atoms with Gasteiger partial charge in [0, 0.05) is 17.4 Å². The molecule has 33 heavy (non-hydrogen) atoms. The van der Waals surface area contributed by atoms with Crippen LogP contribution < -0.4 is 15.8 Å². The summed E-state index contributed by atoms with van der Waals surface area (Å²) in [5.41, 5.74) is 2.00. The Morgan fingerprint density at radius 1 is 1.21 bits per heavy atom. The maximum Gasteiger partial charge on any atom is 0.417 e. The van der Waals surface area contributed by atoms with Crippen LogP contribution in [0, 0.1) is 17.6 Å². The molecule has 1 saturated heterocycles. The summed E-state index contributed by atoms with van der Waals surface area (Å²) in [5, 5.41) is 2.29. The second kappa shape index (κ2) is 8.58. The molecule has 0 bridgehead atoms. The molecule has 4 atom stereocenters. The molecular weight excluding hydrogens is 453 g/mol. The van der Waals surface area contributed by atoms with Gasteiger partial charge in [0.25, 0.3) is 11.8 Å². The number of amides is 2. The van der Waals surface area contributed by atoms with Crippen LogP contribution in [0.2, 0.25) is 0 Å². The number of hydrogen-bond acceptors (Lipinski definition) is 5. The molecule has 0 radical (unpaired) electrons. The maximum atomic E-state index is 14.3. The Labute approximate surface area is 185 Å². The van der Waals surface area contributed by atoms with Crippen molar-refractivity contribution in [3.63, 3.8) is 0 Å². The molecule has 1 aliphatic heterocycles. The lowest BCUT2D eigenvalue weighted by molar-refractivity contribution is -0.272. The number of carbonyl (C=O) groups is 2. The molecule has 0 aliphatic carbocycles. The number of alkyl halides is 3. The molecule has 0 spiro atoms. The van der Waals surface area contributed by atoms with Crippen LogP contribution in [0.1, 0.15) is 35.8 Å². The molecule has 12 heteroatoms. The number of halogens is 5. The normalized spacial score (nSPS) is 25.0. The van der Waals surface area contributed by atoms with E-state index in [2.05, 4.69) is 10.3 Å². The van der Waals surface area contributed by atoms with Crippen LogP contribution >= 0.6 is 0 Å². The van der Waals surface area contributed by atoms with Crippen LogP contribution in [0.15, 0.2) is 30.3 Å². The number of aromatic nitrogens is 1. The summed E-state index contributed by atoms with van der Waals surface area (Å²) in [5.74, 6) is -8.17. The average molecular weight is 473 g/mol. The molecule has 2 aromatic rings. The van der Waals surface area contributed by atoms with Crippen LogP contribution in [0.3, 0.4) is 0 Å². The number of ether oxygens (including phenoxy) is 2. The number of nitrogens with two attached hydrogens (primary N) is 1. The standard InChI is InChI=1S/C21H20F5N3O4/c1-9-14(10-7-8-11(22)15(23)16(10)32-3)17(33-20(9,2)21(24,25)26)19(31)29-13-6-4-5-12(28-13)18(27)30/h4-9,14,17H,1-3H3,(H2,27,30)(H,28,29,31)/t9-,14+,17+,20+/m1/s1. The van der Waals surface area contributed by atoms with E-state index in [0.717, 1.165) is 26.2 Å². The summed E-state index contributed by atoms with van der Waals surface area (Å²) in [6.07, 6.45) is -6.68. The fourth-order valence-corrected chi connectivity index (χ4v) is 3.88. The third-order valence-electron chi connectivity index (χ3n) is 5.82. The van der Waals surface area contributed by atoms with Gasteiger partial charge in [0.2, 0.25) is 5.82 Å². The number of nitrogens with one attached hydrogen (secondary N) is 1. The van der Waals surface area contributed by atoms with Gasteiger partial charge in [0.05, 0.1) is 7.11 Å². The number of carbonyl (C=O) groups excluding carboxylic acids is 2. The molecule has 2 amide bonds. The smallest absolute Gasteiger partial charge is 0.417 e. The monoisotopic (exact) mass is 473 g/mol. The zero-order valence-electron chi connectivity index (χ0n) is 17.7. The summed E-state index contributed by atoms with van der Waals surface area (Å²) < 4.78 is 80.0. The van der Waals surface area contributed by atoms with Crippen molar-refractivity contribution in [2.75, 3.05) is 12.4 Å². The Morgan fingerprint density at radius 2 is 1.88 bits per heavy atom. The van der Waals surface area contributed by atoms with Gasteiger partial charge in [-0.3, -0.25) is 9.59 Å². The summed E-state index contributed by atoms with van der Waals surface area (Å²) in [7, 11) is 1.03. The Hall–Kier alpha value is -3.28. The second-order valence-corrected chi connectivity index (χ2v) is 7.70. The predicted octanol–water partition coefficient (Wildman–Crippen LogP) is 3.55. The molecule has 1 aliphatic rings. The van der Waals surface area contributed by atoms with Gasteiger partial charge >= 0.3 is 6.18 Å². The van der Waals surface area contributed by atoms with Crippen molar-refractivity contribution in [3.8, 4) is 5.75 Å². The molecule has 1 aromatic carbocycles. The quantitative estimate of drug-likeness (QED) is 0.647. The topological polar surface area (TPSA) is 104 Å². The van der Waals surface area contributed by atoms with E-state index in [1.165, 1.54) is 25.1 Å². The van der Waals surface area contributed by atoms with Crippen molar-refractivity contribution >= 4 is 17.6 Å². The lowest BCUT2D eigenvalue weighted by Crippen LogP contribution is -2.47. The van der Waals surface area contributed by atoms with E-state index in [9.17, 15) is 31.5 Å². The largest absolute Gasteiger partial charge is 0.493 e. The molecule has 178 valence electrons. The van der Waals surface area contributed by atoms with Gasteiger partial charge in [0.1, 0.15) is 17.6 Å². The van der Waals surface area contributed by atoms with Crippen LogP contribution in [-0.4, -0.2) is 41.8 Å². The first kappa shape index (κ1) is 24.4. The van der Waals surface area contributed by atoms with Crippen LogP contribution in [0.25, 0.3) is 0 Å². The van der Waals surface area contributed by atoms with Crippen LogP contribution in [0.4, 0.5) is 27.8 Å². The summed E-state index contributed by atoms with van der Waals surface area (Å²) in [4.78, 5) is 28.2. The number of pyridine rings is 1. The Balaban J connectivity index is 2.07. The van der Waals surface area contributed by atoms with Crippen molar-refractivity contribution in [1.29, 1.82) is 0 Å². The van der Waals surface area contributed by atoms with Gasteiger partial charge in [-0.25, -0.2) is 9.37 Å². The third kappa shape index (κ3) is 4.22. The minimum Gasteiger partial charge on any atom is -0.493 e. The van der Waals surface area contributed by atoms with Crippen molar-refractivity contribution < 1.29 is 41.0 Å². The lowest BCUT2D eigenvalue weighted by atomic mass is 9.77. The summed E-state index contributed by atoms with van der Waals surface area (Å²) in [6, 6.07) is 5.71. The van der Waals surface area contributed by atoms with Gasteiger partial charge < -0.3 is 20.5 Å². The van der Waals surface area contributed by atoms with E-state index < -0.39 is 58.9 Å². The van der Waals surface area contributed by atoms with Gasteiger partial charge in [-0.2, -0.15) is 17.6 Å². The van der Waals surface area contributed by atoms with Crippen LogP contribution in [0.5, 0.6) is 5.75 Å². The highest BCUT2D eigenvalue weighted by Gasteiger charge is 2.65. The SMILES string of the molecule is COc1c([C@H]2[C@@H](C(=O)Nc3cccc(C(N)=O)n3)O[C@](C)(C(F)(F)F)[C@@H]2C)ccc(F)c1F. The fraction of sp³-hybridized carbons (Fsp3) is 0.381. The molecule has 0 saturated carbocycles. The highest BCUT2D eigenvalue weighted by atomic mass is 19.4. The van der Waals surface area contributed by atoms with Crippen molar-refractivity contribution in [2.45, 2.75) is 37.6 Å². The number of methoxy groups -OCH3 is 1. The molecule has 3 N–H and O–H groups in total. The van der Waals surface area contributed by atoms with Crippen molar-refractivity contribution in [3.05, 3.63) is 53.2 Å². The van der Waals surface area contributed by atoms with Gasteiger partial charge in [-0.15, -0.1) is 0 Å². The predicted molar refractivity (Wildman–Crippen MR) is 106 cm³/mol. The van der Waals surface area contributed by atoms with E-state index >= 15 is 0 Å². The second-order valence-electron chi connectivity index (χ2n) is 7.70. The number of hydrogen-bond donors (Lipinski definition) is 2. The zero-order valence-corrected chi connectivity index (χ0v) is 17.7. The van der Waals surface area contributed by atoms with Crippen LogP contribution in [-0.2, 0) is 9.53 Å². The molecule has 0 unspecified atom stereocenters. The molecule has 3 rings (SSSR count). The number of benzene rings is 1. The summed E-state index contributed by atoms with van der Waals surface area (Å²) in [6.45, 7) is 1.97. The fourth-order valence-electron chi connectivity index (χ4n) is 3.88. The first-order valence-electron chi connectivity index (χ1n) is 9.66. The first-order valence-corrected chi connectivity index (χ1v) is 9.66. The molecule has 7 nitrogen and oxygen atoms in total. The van der Waals surface area contributed by atoms with E-state index in [-0.39, 0.29) is 17.1 Å². The molecule has 1 aromatic heterocycles. The van der Waals surface area contributed by atoms with Gasteiger partial charge in [-0.05, 0) is 25.1 Å². The Kier molecular flexibility index (Phi) is 6.33. The molecule has 1 fully saturated rings. The van der Waals surface area contributed by atoms with Gasteiger partial charge in [0.15, 0.2) is 17.2 Å².